The normalized spacial score (nSPS) is 15.5. The lowest BCUT2D eigenvalue weighted by molar-refractivity contribution is -0.118. The highest BCUT2D eigenvalue weighted by Crippen LogP contribution is 2.29. The number of hydrogen-bond acceptors (Lipinski definition) is 4. The number of carbonyl (C=O) groups excluding carboxylic acids is 2. The molecule has 2 rings (SSSR count). The SMILES string of the molecule is CN1C(=O)Cc2cc(NC(=O)C(N)CO)ccc21. The first-order valence-corrected chi connectivity index (χ1v) is 5.59. The van der Waals surface area contributed by atoms with Crippen molar-refractivity contribution in [3.05, 3.63) is 23.8 Å². The lowest BCUT2D eigenvalue weighted by atomic mass is 10.1. The predicted molar refractivity (Wildman–Crippen MR) is 67.2 cm³/mol. The van der Waals surface area contributed by atoms with E-state index in [1.165, 1.54) is 0 Å². The van der Waals surface area contributed by atoms with Gasteiger partial charge < -0.3 is 21.1 Å². The van der Waals surface area contributed by atoms with Gasteiger partial charge in [-0.3, -0.25) is 9.59 Å². The molecule has 6 nitrogen and oxygen atoms in total. The van der Waals surface area contributed by atoms with E-state index in [1.807, 2.05) is 0 Å². The molecule has 96 valence electrons. The number of fused-ring (bicyclic) bond motifs is 1. The van der Waals surface area contributed by atoms with Crippen LogP contribution in [-0.4, -0.2) is 36.6 Å². The molecule has 1 aliphatic heterocycles. The summed E-state index contributed by atoms with van der Waals surface area (Å²) >= 11 is 0. The highest BCUT2D eigenvalue weighted by molar-refractivity contribution is 6.02. The molecule has 6 heteroatoms. The van der Waals surface area contributed by atoms with Crippen LogP contribution in [0.2, 0.25) is 0 Å². The molecule has 0 spiro atoms. The molecule has 1 aromatic carbocycles. The summed E-state index contributed by atoms with van der Waals surface area (Å²) in [7, 11) is 1.72. The van der Waals surface area contributed by atoms with Crippen molar-refractivity contribution in [2.75, 3.05) is 23.9 Å². The summed E-state index contributed by atoms with van der Waals surface area (Å²) in [5, 5.41) is 11.4. The van der Waals surface area contributed by atoms with E-state index in [9.17, 15) is 9.59 Å². The van der Waals surface area contributed by atoms with E-state index in [0.717, 1.165) is 11.3 Å². The predicted octanol–water partition coefficient (Wildman–Crippen LogP) is -0.536. The van der Waals surface area contributed by atoms with Gasteiger partial charge in [-0.1, -0.05) is 0 Å². The van der Waals surface area contributed by atoms with Crippen molar-refractivity contribution in [1.82, 2.24) is 0 Å². The smallest absolute Gasteiger partial charge is 0.243 e. The van der Waals surface area contributed by atoms with E-state index in [1.54, 1.807) is 30.1 Å². The molecule has 1 heterocycles. The fraction of sp³-hybridized carbons (Fsp3) is 0.333. The molecule has 1 atom stereocenters. The minimum Gasteiger partial charge on any atom is -0.394 e. The number of anilines is 2. The molecule has 0 saturated heterocycles. The topological polar surface area (TPSA) is 95.7 Å². The number of nitrogens with zero attached hydrogens (tertiary/aromatic N) is 1. The molecule has 2 amide bonds. The van der Waals surface area contributed by atoms with Gasteiger partial charge in [0.2, 0.25) is 11.8 Å². The standard InChI is InChI=1S/C12H15N3O3/c1-15-10-3-2-8(4-7(10)5-11(15)17)14-12(18)9(13)6-16/h2-4,9,16H,5-6,13H2,1H3,(H,14,18). The Kier molecular flexibility index (Phi) is 3.31. The van der Waals surface area contributed by atoms with Crippen molar-refractivity contribution in [2.45, 2.75) is 12.5 Å². The van der Waals surface area contributed by atoms with Crippen LogP contribution >= 0.6 is 0 Å². The quantitative estimate of drug-likeness (QED) is 0.670. The summed E-state index contributed by atoms with van der Waals surface area (Å²) in [5.41, 5.74) is 7.70. The second kappa shape index (κ2) is 4.75. The Morgan fingerprint density at radius 1 is 1.61 bits per heavy atom. The number of nitrogens with one attached hydrogen (secondary N) is 1. The van der Waals surface area contributed by atoms with E-state index in [4.69, 9.17) is 10.8 Å². The lowest BCUT2D eigenvalue weighted by Crippen LogP contribution is -2.38. The molecule has 1 aromatic rings. The molecule has 0 aliphatic carbocycles. The number of nitrogens with two attached hydrogens (primary N) is 1. The van der Waals surface area contributed by atoms with E-state index in [2.05, 4.69) is 5.32 Å². The zero-order chi connectivity index (χ0) is 13.3. The fourth-order valence-electron chi connectivity index (χ4n) is 1.87. The maximum atomic E-state index is 11.5. The number of aliphatic hydroxyl groups excluding tert-OH is 1. The number of aliphatic hydroxyl groups is 1. The van der Waals surface area contributed by atoms with Gasteiger partial charge in [-0.15, -0.1) is 0 Å². The molecule has 4 N–H and O–H groups in total. The van der Waals surface area contributed by atoms with E-state index >= 15 is 0 Å². The van der Waals surface area contributed by atoms with Gasteiger partial charge >= 0.3 is 0 Å². The van der Waals surface area contributed by atoms with Crippen LogP contribution < -0.4 is 16.0 Å². The summed E-state index contributed by atoms with van der Waals surface area (Å²) in [5.74, 6) is -0.421. The van der Waals surface area contributed by atoms with Crippen molar-refractivity contribution in [3.63, 3.8) is 0 Å². The second-order valence-electron chi connectivity index (χ2n) is 4.25. The zero-order valence-electron chi connectivity index (χ0n) is 10.0. The number of likely N-dealkylation sites (N-methyl/N-ethyl adjacent to an activating group) is 1. The van der Waals surface area contributed by atoms with Crippen LogP contribution in [0.4, 0.5) is 11.4 Å². The first-order chi connectivity index (χ1) is 8.52. The minimum atomic E-state index is -0.942. The van der Waals surface area contributed by atoms with Gasteiger partial charge in [0, 0.05) is 18.4 Å². The lowest BCUT2D eigenvalue weighted by Gasteiger charge is -2.12. The average molecular weight is 249 g/mol. The van der Waals surface area contributed by atoms with Crippen LogP contribution in [0.1, 0.15) is 5.56 Å². The molecule has 0 saturated carbocycles. The molecule has 0 bridgehead atoms. The number of benzene rings is 1. The van der Waals surface area contributed by atoms with Crippen LogP contribution in [-0.2, 0) is 16.0 Å². The highest BCUT2D eigenvalue weighted by Gasteiger charge is 2.24. The number of carbonyl (C=O) groups is 2. The van der Waals surface area contributed by atoms with Gasteiger partial charge in [0.15, 0.2) is 0 Å². The van der Waals surface area contributed by atoms with Crippen LogP contribution in [0.5, 0.6) is 0 Å². The van der Waals surface area contributed by atoms with Crippen molar-refractivity contribution < 1.29 is 14.7 Å². The third-order valence-electron chi connectivity index (χ3n) is 2.96. The Morgan fingerprint density at radius 3 is 3.00 bits per heavy atom. The molecule has 0 aromatic heterocycles. The maximum absolute atomic E-state index is 11.5. The highest BCUT2D eigenvalue weighted by atomic mass is 16.3. The third kappa shape index (κ3) is 2.20. The molecule has 0 radical (unpaired) electrons. The van der Waals surface area contributed by atoms with Crippen LogP contribution in [0.15, 0.2) is 18.2 Å². The van der Waals surface area contributed by atoms with E-state index in [0.29, 0.717) is 12.1 Å². The molecule has 1 aliphatic rings. The van der Waals surface area contributed by atoms with Gasteiger partial charge in [-0.25, -0.2) is 0 Å². The molecule has 18 heavy (non-hydrogen) atoms. The molecule has 1 unspecified atom stereocenters. The second-order valence-corrected chi connectivity index (χ2v) is 4.25. The average Bonchev–Trinajstić information content (AvgIpc) is 2.63. The van der Waals surface area contributed by atoms with Crippen molar-refractivity contribution in [3.8, 4) is 0 Å². The first-order valence-electron chi connectivity index (χ1n) is 5.59. The Labute approximate surface area is 104 Å². The zero-order valence-corrected chi connectivity index (χ0v) is 10.0. The van der Waals surface area contributed by atoms with Crippen LogP contribution in [0, 0.1) is 0 Å². The fourth-order valence-corrected chi connectivity index (χ4v) is 1.87. The Bertz CT molecular complexity index is 501. The largest absolute Gasteiger partial charge is 0.394 e. The maximum Gasteiger partial charge on any atom is 0.243 e. The van der Waals surface area contributed by atoms with Crippen LogP contribution in [0.25, 0.3) is 0 Å². The first kappa shape index (κ1) is 12.5. The van der Waals surface area contributed by atoms with Crippen molar-refractivity contribution in [1.29, 1.82) is 0 Å². The minimum absolute atomic E-state index is 0.0283. The van der Waals surface area contributed by atoms with Crippen LogP contribution in [0.3, 0.4) is 0 Å². The summed E-state index contributed by atoms with van der Waals surface area (Å²) in [6.07, 6.45) is 0.335. The van der Waals surface area contributed by atoms with Gasteiger partial charge in [0.05, 0.1) is 13.0 Å². The van der Waals surface area contributed by atoms with Crippen molar-refractivity contribution in [2.24, 2.45) is 5.73 Å². The Hall–Kier alpha value is -1.92. The number of rotatable bonds is 3. The Balaban J connectivity index is 2.16. The summed E-state index contributed by atoms with van der Waals surface area (Å²) in [6.45, 7) is -0.405. The summed E-state index contributed by atoms with van der Waals surface area (Å²) in [6, 6.07) is 4.29. The van der Waals surface area contributed by atoms with Gasteiger partial charge in [0.25, 0.3) is 0 Å². The number of amides is 2. The monoisotopic (exact) mass is 249 g/mol. The van der Waals surface area contributed by atoms with E-state index in [-0.39, 0.29) is 5.91 Å². The number of hydrogen-bond donors (Lipinski definition) is 3. The van der Waals surface area contributed by atoms with Gasteiger partial charge in [-0.2, -0.15) is 0 Å². The molecule has 0 fully saturated rings. The Morgan fingerprint density at radius 2 is 2.33 bits per heavy atom. The summed E-state index contributed by atoms with van der Waals surface area (Å²) in [4.78, 5) is 24.6. The van der Waals surface area contributed by atoms with Gasteiger partial charge in [0.1, 0.15) is 6.04 Å². The van der Waals surface area contributed by atoms with Crippen molar-refractivity contribution >= 4 is 23.2 Å². The van der Waals surface area contributed by atoms with E-state index < -0.39 is 18.6 Å². The molecular formula is C12H15N3O3. The van der Waals surface area contributed by atoms with Gasteiger partial charge in [-0.05, 0) is 23.8 Å². The molecular weight excluding hydrogens is 234 g/mol. The summed E-state index contributed by atoms with van der Waals surface area (Å²) < 4.78 is 0. The third-order valence-corrected chi connectivity index (χ3v) is 2.96.